The van der Waals surface area contributed by atoms with Crippen LogP contribution in [0.3, 0.4) is 0 Å². The molecule has 114 valence electrons. The van der Waals surface area contributed by atoms with Crippen LogP contribution in [0.4, 0.5) is 10.1 Å². The van der Waals surface area contributed by atoms with E-state index in [0.717, 1.165) is 6.07 Å². The molecule has 0 amide bonds. The first-order valence-corrected chi connectivity index (χ1v) is 7.37. The number of nitrogens with zero attached hydrogens (tertiary/aromatic N) is 2. The SMILES string of the molecule is O=C(O)[C@@H]1CCCN1S(=O)(=O)c1cc([N+](=O)[O-])ccc1F. The predicted octanol–water partition coefficient (Wildman–Crippen LogP) is 0.972. The predicted molar refractivity (Wildman–Crippen MR) is 67.6 cm³/mol. The number of carbonyl (C=O) groups is 1. The van der Waals surface area contributed by atoms with Crippen LogP contribution in [-0.4, -0.2) is 41.3 Å². The van der Waals surface area contributed by atoms with Crippen LogP contribution < -0.4 is 0 Å². The Hall–Kier alpha value is -2.07. The van der Waals surface area contributed by atoms with Crippen LogP contribution in [0, 0.1) is 15.9 Å². The highest BCUT2D eigenvalue weighted by molar-refractivity contribution is 7.89. The van der Waals surface area contributed by atoms with Gasteiger partial charge >= 0.3 is 5.97 Å². The van der Waals surface area contributed by atoms with Crippen molar-refractivity contribution in [3.63, 3.8) is 0 Å². The molecule has 1 N–H and O–H groups in total. The van der Waals surface area contributed by atoms with Crippen LogP contribution >= 0.6 is 0 Å². The number of rotatable bonds is 4. The van der Waals surface area contributed by atoms with Crippen molar-refractivity contribution >= 4 is 21.7 Å². The van der Waals surface area contributed by atoms with Gasteiger partial charge in [-0.1, -0.05) is 0 Å². The molecule has 1 saturated heterocycles. The minimum Gasteiger partial charge on any atom is -0.480 e. The Labute approximate surface area is 119 Å². The number of halogens is 1. The summed E-state index contributed by atoms with van der Waals surface area (Å²) in [5.74, 6) is -2.49. The second-order valence-electron chi connectivity index (χ2n) is 4.48. The Bertz CT molecular complexity index is 705. The number of carboxylic acids is 1. The number of sulfonamides is 1. The summed E-state index contributed by atoms with van der Waals surface area (Å²) >= 11 is 0. The molecule has 1 aliphatic heterocycles. The smallest absolute Gasteiger partial charge is 0.322 e. The second kappa shape index (κ2) is 5.37. The molecule has 0 radical (unpaired) electrons. The van der Waals surface area contributed by atoms with Gasteiger partial charge in [0.2, 0.25) is 10.0 Å². The summed E-state index contributed by atoms with van der Waals surface area (Å²) in [5, 5.41) is 19.7. The third-order valence-electron chi connectivity index (χ3n) is 3.20. The molecule has 1 aliphatic rings. The molecule has 1 aromatic carbocycles. The van der Waals surface area contributed by atoms with E-state index in [2.05, 4.69) is 0 Å². The molecule has 8 nitrogen and oxygen atoms in total. The van der Waals surface area contributed by atoms with E-state index in [1.165, 1.54) is 0 Å². The molecule has 1 atom stereocenters. The maximum atomic E-state index is 13.7. The van der Waals surface area contributed by atoms with Crippen molar-refractivity contribution < 1.29 is 27.6 Å². The fourth-order valence-corrected chi connectivity index (χ4v) is 3.94. The molecule has 1 aromatic rings. The summed E-state index contributed by atoms with van der Waals surface area (Å²) in [7, 11) is -4.45. The van der Waals surface area contributed by atoms with Gasteiger partial charge in [-0.15, -0.1) is 0 Å². The largest absolute Gasteiger partial charge is 0.480 e. The Balaban J connectivity index is 2.51. The highest BCUT2D eigenvalue weighted by Crippen LogP contribution is 2.29. The highest BCUT2D eigenvalue weighted by Gasteiger charge is 2.41. The summed E-state index contributed by atoms with van der Waals surface area (Å²) in [4.78, 5) is 20.0. The van der Waals surface area contributed by atoms with Gasteiger partial charge in [-0.25, -0.2) is 12.8 Å². The van der Waals surface area contributed by atoms with Gasteiger partial charge in [0.15, 0.2) is 0 Å². The lowest BCUT2D eigenvalue weighted by molar-refractivity contribution is -0.385. The van der Waals surface area contributed by atoms with E-state index in [1.807, 2.05) is 0 Å². The molecule has 1 fully saturated rings. The molecule has 21 heavy (non-hydrogen) atoms. The quantitative estimate of drug-likeness (QED) is 0.653. The molecule has 0 unspecified atom stereocenters. The number of benzene rings is 1. The van der Waals surface area contributed by atoms with Gasteiger partial charge in [0, 0.05) is 18.7 Å². The average Bonchev–Trinajstić information content (AvgIpc) is 2.88. The van der Waals surface area contributed by atoms with Gasteiger partial charge in [0.05, 0.1) is 4.92 Å². The maximum Gasteiger partial charge on any atom is 0.322 e. The van der Waals surface area contributed by atoms with Crippen LogP contribution in [0.5, 0.6) is 0 Å². The molecule has 2 rings (SSSR count). The minimum atomic E-state index is -4.45. The van der Waals surface area contributed by atoms with E-state index in [-0.39, 0.29) is 13.0 Å². The number of non-ortho nitro benzene ring substituents is 1. The first-order chi connectivity index (χ1) is 9.75. The van der Waals surface area contributed by atoms with Gasteiger partial charge in [-0.3, -0.25) is 14.9 Å². The summed E-state index contributed by atoms with van der Waals surface area (Å²) in [5.41, 5.74) is -0.582. The van der Waals surface area contributed by atoms with Gasteiger partial charge < -0.3 is 5.11 Å². The summed E-state index contributed by atoms with van der Waals surface area (Å²) in [6, 6.07) is 0.833. The highest BCUT2D eigenvalue weighted by atomic mass is 32.2. The number of aliphatic carboxylic acids is 1. The average molecular weight is 318 g/mol. The zero-order valence-electron chi connectivity index (χ0n) is 10.6. The van der Waals surface area contributed by atoms with Crippen LogP contribution in [0.1, 0.15) is 12.8 Å². The molecule has 0 saturated carbocycles. The lowest BCUT2D eigenvalue weighted by atomic mass is 10.2. The lowest BCUT2D eigenvalue weighted by Gasteiger charge is -2.21. The summed E-state index contributed by atoms with van der Waals surface area (Å²) in [6.45, 7) is -0.0680. The Morgan fingerprint density at radius 1 is 1.48 bits per heavy atom. The zero-order valence-corrected chi connectivity index (χ0v) is 11.4. The van der Waals surface area contributed by atoms with Crippen molar-refractivity contribution in [3.8, 4) is 0 Å². The fraction of sp³-hybridized carbons (Fsp3) is 0.364. The Morgan fingerprint density at radius 2 is 2.14 bits per heavy atom. The van der Waals surface area contributed by atoms with E-state index < -0.39 is 43.4 Å². The zero-order chi connectivity index (χ0) is 15.8. The van der Waals surface area contributed by atoms with Crippen molar-refractivity contribution in [1.29, 1.82) is 0 Å². The van der Waals surface area contributed by atoms with E-state index in [9.17, 15) is 27.7 Å². The Morgan fingerprint density at radius 3 is 2.71 bits per heavy atom. The molecule has 1 heterocycles. The monoisotopic (exact) mass is 318 g/mol. The Kier molecular flexibility index (Phi) is 3.92. The summed E-state index contributed by atoms with van der Waals surface area (Å²) in [6.07, 6.45) is 0.442. The third kappa shape index (κ3) is 2.72. The van der Waals surface area contributed by atoms with Crippen molar-refractivity contribution in [2.45, 2.75) is 23.8 Å². The lowest BCUT2D eigenvalue weighted by Crippen LogP contribution is -2.40. The topological polar surface area (TPSA) is 118 Å². The molecule has 0 spiro atoms. The number of nitro groups is 1. The van der Waals surface area contributed by atoms with Crippen molar-refractivity contribution in [2.24, 2.45) is 0 Å². The number of nitro benzene ring substituents is 1. The van der Waals surface area contributed by atoms with Crippen LogP contribution in [0.25, 0.3) is 0 Å². The van der Waals surface area contributed by atoms with Crippen LogP contribution in [0.2, 0.25) is 0 Å². The molecule has 0 bridgehead atoms. The maximum absolute atomic E-state index is 13.7. The molecular formula is C11H11FN2O6S. The molecule has 0 aromatic heterocycles. The number of hydrogen-bond donors (Lipinski definition) is 1. The normalized spacial score (nSPS) is 19.6. The van der Waals surface area contributed by atoms with Crippen molar-refractivity contribution in [2.75, 3.05) is 6.54 Å². The van der Waals surface area contributed by atoms with Gasteiger partial charge in [-0.05, 0) is 18.9 Å². The number of carboxylic acid groups (broad SMARTS) is 1. The van der Waals surface area contributed by atoms with Gasteiger partial charge in [-0.2, -0.15) is 4.31 Å². The van der Waals surface area contributed by atoms with Crippen LogP contribution in [0.15, 0.2) is 23.1 Å². The molecule has 0 aliphatic carbocycles. The minimum absolute atomic E-state index is 0.0680. The van der Waals surface area contributed by atoms with Crippen molar-refractivity contribution in [1.82, 2.24) is 4.31 Å². The first-order valence-electron chi connectivity index (χ1n) is 5.93. The molecular weight excluding hydrogens is 307 g/mol. The summed E-state index contributed by atoms with van der Waals surface area (Å²) < 4.78 is 39.1. The van der Waals surface area contributed by atoms with Gasteiger partial charge in [0.1, 0.15) is 16.8 Å². The number of hydrogen-bond acceptors (Lipinski definition) is 5. The molecule has 10 heteroatoms. The standard InChI is InChI=1S/C11H11FN2O6S/c12-8-4-3-7(14(17)18)6-10(8)21(19,20)13-5-1-2-9(13)11(15)16/h3-4,6,9H,1-2,5H2,(H,15,16)/t9-/m0/s1. The second-order valence-corrected chi connectivity index (χ2v) is 6.34. The van der Waals surface area contributed by atoms with E-state index >= 15 is 0 Å². The van der Waals surface area contributed by atoms with Gasteiger partial charge in [0.25, 0.3) is 5.69 Å². The van der Waals surface area contributed by atoms with E-state index in [0.29, 0.717) is 22.9 Å². The van der Waals surface area contributed by atoms with E-state index in [1.54, 1.807) is 0 Å². The third-order valence-corrected chi connectivity index (χ3v) is 5.12. The van der Waals surface area contributed by atoms with Crippen molar-refractivity contribution in [3.05, 3.63) is 34.1 Å². The first kappa shape index (κ1) is 15.3. The van der Waals surface area contributed by atoms with E-state index in [4.69, 9.17) is 5.11 Å². The van der Waals surface area contributed by atoms with Crippen LogP contribution in [-0.2, 0) is 14.8 Å². The fourth-order valence-electron chi connectivity index (χ4n) is 2.20.